The van der Waals surface area contributed by atoms with E-state index < -0.39 is 17.0 Å². The Morgan fingerprint density at radius 3 is 2.30 bits per heavy atom. The third kappa shape index (κ3) is 3.86. The van der Waals surface area contributed by atoms with E-state index in [4.69, 9.17) is 0 Å². The quantitative estimate of drug-likeness (QED) is 0.904. The molecular formula is C17H22F2N2O2. The maximum Gasteiger partial charge on any atom is 0.239 e. The number of nitrogens with one attached hydrogen (secondary N) is 1. The van der Waals surface area contributed by atoms with Gasteiger partial charge in [0.15, 0.2) is 0 Å². The zero-order valence-corrected chi connectivity index (χ0v) is 13.5. The van der Waals surface area contributed by atoms with Crippen LogP contribution in [0.25, 0.3) is 0 Å². The summed E-state index contributed by atoms with van der Waals surface area (Å²) < 4.78 is 28.4. The maximum absolute atomic E-state index is 14.2. The van der Waals surface area contributed by atoms with E-state index in [2.05, 4.69) is 5.32 Å². The Morgan fingerprint density at radius 1 is 1.22 bits per heavy atom. The lowest BCUT2D eigenvalue weighted by molar-refractivity contribution is -0.133. The molecular weight excluding hydrogens is 302 g/mol. The molecule has 2 amide bonds. The molecule has 1 saturated carbocycles. The van der Waals surface area contributed by atoms with Gasteiger partial charge in [0.1, 0.15) is 11.6 Å². The van der Waals surface area contributed by atoms with Crippen molar-refractivity contribution in [3.8, 4) is 0 Å². The Hall–Kier alpha value is -1.98. The van der Waals surface area contributed by atoms with Gasteiger partial charge in [-0.2, -0.15) is 0 Å². The molecule has 23 heavy (non-hydrogen) atoms. The molecule has 0 radical (unpaired) electrons. The van der Waals surface area contributed by atoms with E-state index in [9.17, 15) is 18.4 Å². The fourth-order valence-electron chi connectivity index (χ4n) is 3.22. The molecule has 0 aromatic heterocycles. The Balaban J connectivity index is 2.13. The summed E-state index contributed by atoms with van der Waals surface area (Å²) in [6, 6.07) is 3.85. The predicted molar refractivity (Wildman–Crippen MR) is 82.8 cm³/mol. The van der Waals surface area contributed by atoms with Crippen LogP contribution in [0.4, 0.5) is 8.78 Å². The van der Waals surface area contributed by atoms with Crippen LogP contribution in [0.1, 0.15) is 38.2 Å². The summed E-state index contributed by atoms with van der Waals surface area (Å²) in [5.41, 5.74) is -0.641. The number of rotatable bonds is 5. The lowest BCUT2D eigenvalue weighted by Crippen LogP contribution is -2.44. The zero-order chi connectivity index (χ0) is 17.0. The van der Waals surface area contributed by atoms with Gasteiger partial charge >= 0.3 is 0 Å². The van der Waals surface area contributed by atoms with Crippen molar-refractivity contribution in [2.75, 3.05) is 20.1 Å². The minimum absolute atomic E-state index is 0.0643. The van der Waals surface area contributed by atoms with Gasteiger partial charge in [0.05, 0.1) is 6.54 Å². The largest absolute Gasteiger partial charge is 0.354 e. The average molecular weight is 324 g/mol. The van der Waals surface area contributed by atoms with Gasteiger partial charge in [-0.15, -0.1) is 0 Å². The van der Waals surface area contributed by atoms with Crippen LogP contribution in [0.2, 0.25) is 0 Å². The van der Waals surface area contributed by atoms with E-state index in [1.54, 1.807) is 0 Å². The van der Waals surface area contributed by atoms with Crippen molar-refractivity contribution in [2.45, 2.75) is 38.0 Å². The Morgan fingerprint density at radius 2 is 1.78 bits per heavy atom. The molecule has 0 heterocycles. The van der Waals surface area contributed by atoms with Gasteiger partial charge in [0.2, 0.25) is 11.8 Å². The second kappa shape index (κ2) is 7.06. The van der Waals surface area contributed by atoms with E-state index in [1.165, 1.54) is 37.1 Å². The normalized spacial score (nSPS) is 16.2. The molecule has 2 rings (SSSR count). The van der Waals surface area contributed by atoms with Crippen LogP contribution in [0.5, 0.6) is 0 Å². The smallest absolute Gasteiger partial charge is 0.239 e. The average Bonchev–Trinajstić information content (AvgIpc) is 2.94. The van der Waals surface area contributed by atoms with Crippen LogP contribution in [0.3, 0.4) is 0 Å². The van der Waals surface area contributed by atoms with Crippen molar-refractivity contribution in [2.24, 2.45) is 0 Å². The van der Waals surface area contributed by atoms with Crippen LogP contribution in [-0.4, -0.2) is 36.9 Å². The van der Waals surface area contributed by atoms with E-state index >= 15 is 0 Å². The van der Waals surface area contributed by atoms with Crippen molar-refractivity contribution < 1.29 is 18.4 Å². The second-order valence-electron chi connectivity index (χ2n) is 6.24. The number of hydrogen-bond donors (Lipinski definition) is 1. The van der Waals surface area contributed by atoms with Gasteiger partial charge in [0.25, 0.3) is 0 Å². The van der Waals surface area contributed by atoms with Gasteiger partial charge in [-0.05, 0) is 25.0 Å². The number of likely N-dealkylation sites (N-methyl/N-ethyl adjacent to an activating group) is 1. The topological polar surface area (TPSA) is 49.4 Å². The zero-order valence-electron chi connectivity index (χ0n) is 13.5. The molecule has 0 atom stereocenters. The molecule has 0 unspecified atom stereocenters. The number of halogens is 2. The molecule has 1 N–H and O–H groups in total. The first-order chi connectivity index (χ1) is 10.9. The van der Waals surface area contributed by atoms with Gasteiger partial charge in [-0.3, -0.25) is 9.59 Å². The molecule has 1 aromatic rings. The highest BCUT2D eigenvalue weighted by Gasteiger charge is 2.40. The number of nitrogens with zero attached hydrogens (tertiary/aromatic N) is 1. The standard InChI is InChI=1S/C17H22F2N2O2/c1-12(22)21(2)10-15(23)20-11-17(8-3-4-9-17)16-13(18)6-5-7-14(16)19/h5-7H,3-4,8-11H2,1-2H3,(H,20,23). The van der Waals surface area contributed by atoms with E-state index in [-0.39, 0.29) is 30.5 Å². The first-order valence-electron chi connectivity index (χ1n) is 7.79. The fraction of sp³-hybridized carbons (Fsp3) is 0.529. The lowest BCUT2D eigenvalue weighted by atomic mass is 9.78. The highest BCUT2D eigenvalue weighted by molar-refractivity contribution is 5.83. The highest BCUT2D eigenvalue weighted by atomic mass is 19.1. The summed E-state index contributed by atoms with van der Waals surface area (Å²) in [7, 11) is 1.53. The minimum Gasteiger partial charge on any atom is -0.354 e. The van der Waals surface area contributed by atoms with Gasteiger partial charge in [0, 0.05) is 31.5 Å². The molecule has 6 heteroatoms. The number of carbonyl (C=O) groups excluding carboxylic acids is 2. The highest BCUT2D eigenvalue weighted by Crippen LogP contribution is 2.42. The Labute approximate surface area is 134 Å². The predicted octanol–water partition coefficient (Wildman–Crippen LogP) is 2.37. The molecule has 0 bridgehead atoms. The number of benzene rings is 1. The van der Waals surface area contributed by atoms with Crippen LogP contribution >= 0.6 is 0 Å². The van der Waals surface area contributed by atoms with E-state index in [1.807, 2.05) is 0 Å². The number of hydrogen-bond acceptors (Lipinski definition) is 2. The summed E-state index contributed by atoms with van der Waals surface area (Å²) in [6.45, 7) is 1.49. The van der Waals surface area contributed by atoms with Crippen molar-refractivity contribution in [3.63, 3.8) is 0 Å². The monoisotopic (exact) mass is 324 g/mol. The third-order valence-electron chi connectivity index (χ3n) is 4.60. The summed E-state index contributed by atoms with van der Waals surface area (Å²) in [6.07, 6.45) is 3.01. The number of amides is 2. The van der Waals surface area contributed by atoms with Crippen LogP contribution in [0.15, 0.2) is 18.2 Å². The second-order valence-corrected chi connectivity index (χ2v) is 6.24. The van der Waals surface area contributed by atoms with Crippen molar-refractivity contribution >= 4 is 11.8 Å². The summed E-state index contributed by atoms with van der Waals surface area (Å²) >= 11 is 0. The van der Waals surface area contributed by atoms with E-state index in [0.717, 1.165) is 12.8 Å². The molecule has 0 saturated heterocycles. The van der Waals surface area contributed by atoms with Gasteiger partial charge in [-0.25, -0.2) is 8.78 Å². The Bertz CT molecular complexity index is 578. The first kappa shape index (κ1) is 17.4. The SMILES string of the molecule is CC(=O)N(C)CC(=O)NCC1(c2c(F)cccc2F)CCCC1. The van der Waals surface area contributed by atoms with E-state index in [0.29, 0.717) is 12.8 Å². The third-order valence-corrected chi connectivity index (χ3v) is 4.60. The molecule has 126 valence electrons. The molecule has 4 nitrogen and oxygen atoms in total. The molecule has 0 spiro atoms. The minimum atomic E-state index is -0.708. The van der Waals surface area contributed by atoms with Crippen LogP contribution in [0, 0.1) is 11.6 Å². The van der Waals surface area contributed by atoms with Gasteiger partial charge in [-0.1, -0.05) is 18.9 Å². The maximum atomic E-state index is 14.2. The molecule has 0 aliphatic heterocycles. The molecule has 1 aliphatic rings. The first-order valence-corrected chi connectivity index (χ1v) is 7.79. The van der Waals surface area contributed by atoms with Crippen LogP contribution in [-0.2, 0) is 15.0 Å². The van der Waals surface area contributed by atoms with Gasteiger partial charge < -0.3 is 10.2 Å². The molecule has 1 fully saturated rings. The lowest BCUT2D eigenvalue weighted by Gasteiger charge is -2.31. The summed E-state index contributed by atoms with van der Waals surface area (Å²) in [5, 5.41) is 2.74. The van der Waals surface area contributed by atoms with Crippen molar-refractivity contribution in [1.29, 1.82) is 0 Å². The molecule has 1 aliphatic carbocycles. The Kier molecular flexibility index (Phi) is 5.34. The number of carbonyl (C=O) groups is 2. The van der Waals surface area contributed by atoms with Crippen molar-refractivity contribution in [3.05, 3.63) is 35.4 Å². The fourth-order valence-corrected chi connectivity index (χ4v) is 3.22. The summed E-state index contributed by atoms with van der Waals surface area (Å²) in [4.78, 5) is 24.4. The van der Waals surface area contributed by atoms with Crippen molar-refractivity contribution in [1.82, 2.24) is 10.2 Å². The summed E-state index contributed by atoms with van der Waals surface area (Å²) in [5.74, 6) is -1.68. The van der Waals surface area contributed by atoms with Crippen LogP contribution < -0.4 is 5.32 Å². The molecule has 1 aromatic carbocycles.